The van der Waals surface area contributed by atoms with Crippen LogP contribution in [0.4, 0.5) is 0 Å². The Morgan fingerprint density at radius 2 is 0.652 bits per heavy atom. The highest BCUT2D eigenvalue weighted by atomic mass is 32.4. The second-order valence-corrected chi connectivity index (χ2v) is 19.5. The van der Waals surface area contributed by atoms with E-state index in [4.69, 9.17) is 23.6 Å². The van der Waals surface area contributed by atoms with Crippen LogP contribution in [0.2, 0.25) is 0 Å². The van der Waals surface area contributed by atoms with Crippen LogP contribution in [0, 0.1) is 0 Å². The number of rotatable bonds is 10. The van der Waals surface area contributed by atoms with E-state index in [9.17, 15) is 4.79 Å². The summed E-state index contributed by atoms with van der Waals surface area (Å²) in [6, 6.07) is 52.9. The molecule has 6 aromatic carbocycles. The standard InChI is InChI=1S/C41H32OP2S2/c42-35(31-29-33-17-13-15-27-40(33)43(45,36-19-5-1-6-20-36)37-21-7-2-8-22-37)32-30-34-18-14-16-28-41(34)44(46,38-23-9-3-10-24-38)39-25-11-4-12-26-39/h1-32H/b31-29+,32-30+. The summed E-state index contributed by atoms with van der Waals surface area (Å²) in [6.45, 7) is 0. The third-order valence-electron chi connectivity index (χ3n) is 7.89. The molecule has 0 heterocycles. The van der Waals surface area contributed by atoms with Crippen LogP contribution in [-0.2, 0) is 28.4 Å². The van der Waals surface area contributed by atoms with Gasteiger partial charge in [0.05, 0.1) is 0 Å². The second kappa shape index (κ2) is 14.5. The summed E-state index contributed by atoms with van der Waals surface area (Å²) in [5.74, 6) is -0.106. The molecule has 1 nitrogen and oxygen atoms in total. The maximum Gasteiger partial charge on any atom is 0.178 e. The van der Waals surface area contributed by atoms with Gasteiger partial charge < -0.3 is 0 Å². The summed E-state index contributed by atoms with van der Waals surface area (Å²) in [6.07, 6.45) is 7.08. The molecule has 0 radical (unpaired) electrons. The topological polar surface area (TPSA) is 17.1 Å². The molecule has 0 atom stereocenters. The van der Waals surface area contributed by atoms with Crippen molar-refractivity contribution in [1.29, 1.82) is 0 Å². The fourth-order valence-electron chi connectivity index (χ4n) is 5.64. The molecule has 0 fully saturated rings. The Bertz CT molecular complexity index is 1870. The lowest BCUT2D eigenvalue weighted by Crippen LogP contribution is -2.26. The maximum absolute atomic E-state index is 13.4. The van der Waals surface area contributed by atoms with Gasteiger partial charge in [-0.2, -0.15) is 0 Å². The highest BCUT2D eigenvalue weighted by molar-refractivity contribution is 8.26. The lowest BCUT2D eigenvalue weighted by molar-refractivity contribution is -0.110. The third kappa shape index (κ3) is 6.52. The lowest BCUT2D eigenvalue weighted by Gasteiger charge is -2.25. The molecule has 0 aliphatic rings. The average molecular weight is 667 g/mol. The highest BCUT2D eigenvalue weighted by Crippen LogP contribution is 2.45. The fourth-order valence-corrected chi connectivity index (χ4v) is 13.8. The van der Waals surface area contributed by atoms with Crippen LogP contribution in [0.5, 0.6) is 0 Å². The lowest BCUT2D eigenvalue weighted by atomic mass is 10.1. The van der Waals surface area contributed by atoms with Gasteiger partial charge in [-0.25, -0.2) is 0 Å². The molecule has 224 valence electrons. The van der Waals surface area contributed by atoms with Gasteiger partial charge in [0.15, 0.2) is 5.78 Å². The van der Waals surface area contributed by atoms with Crippen molar-refractivity contribution in [3.8, 4) is 0 Å². The smallest absolute Gasteiger partial charge is 0.178 e. The number of allylic oxidation sites excluding steroid dienone is 2. The molecular weight excluding hydrogens is 635 g/mol. The van der Waals surface area contributed by atoms with Crippen LogP contribution in [-0.4, -0.2) is 5.78 Å². The van der Waals surface area contributed by atoms with E-state index in [2.05, 4.69) is 60.7 Å². The summed E-state index contributed by atoms with van der Waals surface area (Å²) in [4.78, 5) is 13.4. The summed E-state index contributed by atoms with van der Waals surface area (Å²) < 4.78 is 0. The molecule has 0 aliphatic heterocycles. The molecule has 6 rings (SSSR count). The van der Waals surface area contributed by atoms with Gasteiger partial charge >= 0.3 is 0 Å². The SMILES string of the molecule is O=C(/C=C/c1ccccc1P(=S)(c1ccccc1)c1ccccc1)/C=C/c1ccccc1P(=S)(c1ccccc1)c1ccccc1. The Balaban J connectivity index is 1.35. The molecular formula is C41H32OP2S2. The zero-order valence-corrected chi connectivity index (χ0v) is 28.5. The van der Waals surface area contributed by atoms with Crippen LogP contribution >= 0.6 is 12.1 Å². The summed E-state index contributed by atoms with van der Waals surface area (Å²) in [5, 5.41) is 6.60. The van der Waals surface area contributed by atoms with Crippen molar-refractivity contribution in [2.24, 2.45) is 0 Å². The predicted molar refractivity (Wildman–Crippen MR) is 208 cm³/mol. The van der Waals surface area contributed by atoms with E-state index < -0.39 is 12.1 Å². The molecule has 0 spiro atoms. The fraction of sp³-hybridized carbons (Fsp3) is 0. The first-order chi connectivity index (χ1) is 22.5. The average Bonchev–Trinajstić information content (AvgIpc) is 3.14. The second-order valence-electron chi connectivity index (χ2n) is 10.7. The largest absolute Gasteiger partial charge is 0.290 e. The number of carbonyl (C=O) groups is 1. The van der Waals surface area contributed by atoms with Gasteiger partial charge in [0.1, 0.15) is 0 Å². The molecule has 0 saturated heterocycles. The first-order valence-corrected chi connectivity index (χ1v) is 20.6. The zero-order valence-electron chi connectivity index (χ0n) is 25.1. The quantitative estimate of drug-likeness (QED) is 0.111. The molecule has 0 unspecified atom stereocenters. The maximum atomic E-state index is 13.4. The Labute approximate surface area is 282 Å². The number of benzene rings is 6. The van der Waals surface area contributed by atoms with E-state index in [0.717, 1.165) is 43.0 Å². The summed E-state index contributed by atoms with van der Waals surface area (Å²) >= 11 is 13.2. The Kier molecular flexibility index (Phi) is 9.98. The van der Waals surface area contributed by atoms with Gasteiger partial charge in [0, 0.05) is 22.7 Å². The van der Waals surface area contributed by atoms with Crippen LogP contribution in [0.3, 0.4) is 0 Å². The molecule has 0 aliphatic carbocycles. The van der Waals surface area contributed by atoms with Crippen molar-refractivity contribution in [2.75, 3.05) is 0 Å². The van der Waals surface area contributed by atoms with E-state index in [1.165, 1.54) is 0 Å². The van der Waals surface area contributed by atoms with Crippen molar-refractivity contribution in [3.63, 3.8) is 0 Å². The van der Waals surface area contributed by atoms with Crippen LogP contribution in [0.15, 0.2) is 182 Å². The Hall–Kier alpha value is -4.23. The van der Waals surface area contributed by atoms with E-state index >= 15 is 0 Å². The van der Waals surface area contributed by atoms with E-state index in [1.807, 2.05) is 121 Å². The number of carbonyl (C=O) groups excluding carboxylic acids is 1. The third-order valence-corrected chi connectivity index (χ3v) is 17.9. The molecule has 5 heteroatoms. The normalized spacial score (nSPS) is 12.0. The molecule has 0 aromatic heterocycles. The zero-order chi connectivity index (χ0) is 31.8. The van der Waals surface area contributed by atoms with Crippen LogP contribution in [0.25, 0.3) is 12.2 Å². The molecule has 0 saturated carbocycles. The Morgan fingerprint density at radius 1 is 0.391 bits per heavy atom. The summed E-state index contributed by atoms with van der Waals surface area (Å²) in [7, 11) is 0. The van der Waals surface area contributed by atoms with Crippen molar-refractivity contribution >= 4 is 85.5 Å². The minimum Gasteiger partial charge on any atom is -0.290 e. The Morgan fingerprint density at radius 3 is 0.957 bits per heavy atom. The monoisotopic (exact) mass is 666 g/mol. The van der Waals surface area contributed by atoms with Crippen molar-refractivity contribution < 1.29 is 4.79 Å². The van der Waals surface area contributed by atoms with E-state index in [0.29, 0.717) is 0 Å². The van der Waals surface area contributed by atoms with Crippen molar-refractivity contribution in [3.05, 3.63) is 193 Å². The van der Waals surface area contributed by atoms with Gasteiger partial charge in [-0.1, -0.05) is 206 Å². The van der Waals surface area contributed by atoms with E-state index in [-0.39, 0.29) is 5.78 Å². The minimum atomic E-state index is -2.38. The molecule has 46 heavy (non-hydrogen) atoms. The van der Waals surface area contributed by atoms with Crippen LogP contribution < -0.4 is 31.8 Å². The number of ketones is 1. The first-order valence-electron chi connectivity index (χ1n) is 15.0. The van der Waals surface area contributed by atoms with Gasteiger partial charge in [0.25, 0.3) is 0 Å². The van der Waals surface area contributed by atoms with Gasteiger partial charge in [-0.05, 0) is 44.5 Å². The predicted octanol–water partition coefficient (Wildman–Crippen LogP) is 7.49. The first kappa shape index (κ1) is 31.7. The van der Waals surface area contributed by atoms with Crippen molar-refractivity contribution in [2.45, 2.75) is 0 Å². The van der Waals surface area contributed by atoms with Crippen molar-refractivity contribution in [1.82, 2.24) is 0 Å². The van der Waals surface area contributed by atoms with E-state index in [1.54, 1.807) is 12.2 Å². The van der Waals surface area contributed by atoms with Gasteiger partial charge in [0.2, 0.25) is 0 Å². The van der Waals surface area contributed by atoms with Crippen LogP contribution in [0.1, 0.15) is 11.1 Å². The van der Waals surface area contributed by atoms with Gasteiger partial charge in [-0.3, -0.25) is 4.79 Å². The number of hydrogen-bond donors (Lipinski definition) is 0. The molecule has 0 N–H and O–H groups in total. The minimum absolute atomic E-state index is 0.106. The molecule has 0 amide bonds. The van der Waals surface area contributed by atoms with Gasteiger partial charge in [-0.15, -0.1) is 0 Å². The summed E-state index contributed by atoms with van der Waals surface area (Å²) in [5.41, 5.74) is 1.90. The number of hydrogen-bond acceptors (Lipinski definition) is 3. The molecule has 6 aromatic rings. The molecule has 0 bridgehead atoms. The highest BCUT2D eigenvalue weighted by Gasteiger charge is 2.27.